The van der Waals surface area contributed by atoms with Crippen molar-refractivity contribution in [3.63, 3.8) is 0 Å². The van der Waals surface area contributed by atoms with Crippen LogP contribution in [0.5, 0.6) is 0 Å². The van der Waals surface area contributed by atoms with E-state index in [1.54, 1.807) is 0 Å². The first-order valence-electron chi connectivity index (χ1n) is 17.7. The van der Waals surface area contributed by atoms with Crippen LogP contribution < -0.4 is 0 Å². The number of furan rings is 5. The van der Waals surface area contributed by atoms with Crippen LogP contribution in [0.3, 0.4) is 0 Å². The van der Waals surface area contributed by atoms with Gasteiger partial charge in [-0.05, 0) is 101 Å². The molecule has 0 aliphatic carbocycles. The lowest BCUT2D eigenvalue weighted by atomic mass is 9.98. The maximum atomic E-state index is 6.49. The van der Waals surface area contributed by atoms with Crippen LogP contribution >= 0.6 is 0 Å². The summed E-state index contributed by atoms with van der Waals surface area (Å²) < 4.78 is 31.4. The van der Waals surface area contributed by atoms with Crippen LogP contribution in [0.15, 0.2) is 168 Å². The smallest absolute Gasteiger partial charge is 0.147 e. The zero-order valence-corrected chi connectivity index (χ0v) is 27.9. The summed E-state index contributed by atoms with van der Waals surface area (Å²) in [6.45, 7) is 0. The van der Waals surface area contributed by atoms with Crippen LogP contribution in [0.2, 0.25) is 0 Å². The fraction of sp³-hybridized carbons (Fsp3) is 0. The molecule has 0 bridgehead atoms. The number of hydrogen-bond acceptors (Lipinski definition) is 5. The van der Waals surface area contributed by atoms with Gasteiger partial charge in [-0.25, -0.2) is 0 Å². The zero-order valence-electron chi connectivity index (χ0n) is 27.9. The minimum Gasteiger partial charge on any atom is -0.456 e. The predicted molar refractivity (Wildman–Crippen MR) is 214 cm³/mol. The molecule has 13 rings (SSSR count). The Morgan fingerprint density at radius 3 is 1.23 bits per heavy atom. The van der Waals surface area contributed by atoms with Crippen LogP contribution in [0, 0.1) is 0 Å². The quantitative estimate of drug-likeness (QED) is 0.182. The molecule has 5 aromatic heterocycles. The highest BCUT2D eigenvalue weighted by molar-refractivity contribution is 6.22. The Kier molecular flexibility index (Phi) is 5.06. The van der Waals surface area contributed by atoms with E-state index in [1.807, 2.05) is 48.5 Å². The van der Waals surface area contributed by atoms with E-state index < -0.39 is 0 Å². The molecule has 5 heterocycles. The summed E-state index contributed by atoms with van der Waals surface area (Å²) in [6, 6.07) is 50.4. The Balaban J connectivity index is 0.938. The fourth-order valence-corrected chi connectivity index (χ4v) is 8.53. The van der Waals surface area contributed by atoms with E-state index in [-0.39, 0.29) is 0 Å². The Hall–Kier alpha value is -7.24. The molecule has 53 heavy (non-hydrogen) atoms. The minimum atomic E-state index is 0.817. The van der Waals surface area contributed by atoms with Crippen molar-refractivity contribution in [2.75, 3.05) is 0 Å². The van der Waals surface area contributed by atoms with Crippen molar-refractivity contribution in [3.8, 4) is 22.3 Å². The third kappa shape index (κ3) is 3.75. The highest BCUT2D eigenvalue weighted by atomic mass is 16.4. The van der Waals surface area contributed by atoms with E-state index in [9.17, 15) is 0 Å². The second-order valence-corrected chi connectivity index (χ2v) is 14.0. The Labute approximate surface area is 298 Å². The lowest BCUT2D eigenvalue weighted by Gasteiger charge is -2.04. The largest absolute Gasteiger partial charge is 0.456 e. The summed E-state index contributed by atoms with van der Waals surface area (Å²) in [6.07, 6.45) is 0. The number of fused-ring (bicyclic) bond motifs is 16. The van der Waals surface area contributed by atoms with Gasteiger partial charge in [0.1, 0.15) is 55.8 Å². The minimum absolute atomic E-state index is 0.817. The first-order chi connectivity index (χ1) is 26.2. The van der Waals surface area contributed by atoms with Gasteiger partial charge in [0.2, 0.25) is 0 Å². The topological polar surface area (TPSA) is 65.7 Å². The van der Waals surface area contributed by atoms with Gasteiger partial charge in [0, 0.05) is 54.5 Å². The van der Waals surface area contributed by atoms with Crippen molar-refractivity contribution in [2.45, 2.75) is 0 Å². The number of rotatable bonds is 2. The molecule has 5 nitrogen and oxygen atoms in total. The highest BCUT2D eigenvalue weighted by Crippen LogP contribution is 2.42. The molecule has 0 spiro atoms. The van der Waals surface area contributed by atoms with E-state index in [2.05, 4.69) is 97.1 Å². The SMILES string of the molecule is c1ccc2c(c1)oc1cc3oc4ccc(-c5ccc6oc7ccc(-c8ccc9oc%10c(ccc%11oc%12ccccc%12c%11%10)c9c8)cc7c6c5)cc4c3cc12. The molecule has 13 aromatic rings. The first kappa shape index (κ1) is 27.5. The highest BCUT2D eigenvalue weighted by Gasteiger charge is 2.18. The monoisotopic (exact) mass is 680 g/mol. The molecule has 0 saturated heterocycles. The van der Waals surface area contributed by atoms with Crippen molar-refractivity contribution in [3.05, 3.63) is 146 Å². The lowest BCUT2D eigenvalue weighted by molar-refractivity contribution is 0.656. The van der Waals surface area contributed by atoms with Crippen molar-refractivity contribution >= 4 is 110 Å². The normalized spacial score (nSPS) is 12.5. The number of benzene rings is 8. The molecule has 0 aliphatic heterocycles. The summed E-state index contributed by atoms with van der Waals surface area (Å²) in [5.41, 5.74) is 12.9. The van der Waals surface area contributed by atoms with Crippen LogP contribution in [0.25, 0.3) is 132 Å². The summed E-state index contributed by atoms with van der Waals surface area (Å²) in [7, 11) is 0. The molecular weight excluding hydrogens is 657 g/mol. The van der Waals surface area contributed by atoms with Gasteiger partial charge in [-0.1, -0.05) is 60.7 Å². The molecular formula is C48H24O5. The standard InChI is InChI=1S/C48H24O5/c1-3-7-38-29(5-1)36-23-37-35-22-28(11-16-42(35)52-46(37)24-45(36)51-38)27-10-15-41-34(21-27)33-20-26(9-14-40(33)49-41)25-12-17-43-32(19-25)30-13-18-44-47(48(30)53-43)31-6-2-4-8-39(31)50-44/h1-24H. The molecule has 0 saturated carbocycles. The van der Waals surface area contributed by atoms with Crippen LogP contribution in [0.1, 0.15) is 0 Å². The van der Waals surface area contributed by atoms with E-state index in [0.29, 0.717) is 0 Å². The van der Waals surface area contributed by atoms with Crippen LogP contribution in [0.4, 0.5) is 0 Å². The number of hydrogen-bond donors (Lipinski definition) is 0. The van der Waals surface area contributed by atoms with Crippen molar-refractivity contribution in [1.82, 2.24) is 0 Å². The molecule has 8 aromatic carbocycles. The van der Waals surface area contributed by atoms with Gasteiger partial charge in [0.15, 0.2) is 0 Å². The Morgan fingerprint density at radius 2 is 0.623 bits per heavy atom. The van der Waals surface area contributed by atoms with Crippen molar-refractivity contribution in [2.24, 2.45) is 0 Å². The van der Waals surface area contributed by atoms with Crippen molar-refractivity contribution < 1.29 is 22.1 Å². The van der Waals surface area contributed by atoms with Gasteiger partial charge >= 0.3 is 0 Å². The van der Waals surface area contributed by atoms with Gasteiger partial charge in [-0.15, -0.1) is 0 Å². The van der Waals surface area contributed by atoms with Gasteiger partial charge in [0.25, 0.3) is 0 Å². The molecule has 0 fully saturated rings. The maximum absolute atomic E-state index is 6.49. The molecule has 0 amide bonds. The average Bonchev–Trinajstić information content (AvgIpc) is 4.01. The number of para-hydroxylation sites is 2. The third-order valence-corrected chi connectivity index (χ3v) is 11.1. The van der Waals surface area contributed by atoms with E-state index in [0.717, 1.165) is 132 Å². The predicted octanol–water partition coefficient (Wildman–Crippen LogP) is 14.5. The van der Waals surface area contributed by atoms with Gasteiger partial charge in [0.05, 0.1) is 5.39 Å². The van der Waals surface area contributed by atoms with Gasteiger partial charge in [-0.2, -0.15) is 0 Å². The van der Waals surface area contributed by atoms with Gasteiger partial charge < -0.3 is 22.1 Å². The molecule has 0 radical (unpaired) electrons. The summed E-state index contributed by atoms with van der Waals surface area (Å²) in [5.74, 6) is 0. The maximum Gasteiger partial charge on any atom is 0.147 e. The Bertz CT molecular complexity index is 3620. The van der Waals surface area contributed by atoms with Crippen LogP contribution in [-0.2, 0) is 0 Å². The molecule has 5 heteroatoms. The molecule has 246 valence electrons. The zero-order chi connectivity index (χ0) is 34.4. The lowest BCUT2D eigenvalue weighted by Crippen LogP contribution is -1.79. The molecule has 0 N–H and O–H groups in total. The molecule has 0 unspecified atom stereocenters. The molecule has 0 aliphatic rings. The van der Waals surface area contributed by atoms with Crippen LogP contribution in [-0.4, -0.2) is 0 Å². The van der Waals surface area contributed by atoms with E-state index in [4.69, 9.17) is 22.1 Å². The first-order valence-corrected chi connectivity index (χ1v) is 17.7. The second kappa shape index (κ2) is 9.75. The van der Waals surface area contributed by atoms with E-state index in [1.165, 1.54) is 0 Å². The summed E-state index contributed by atoms with van der Waals surface area (Å²) in [4.78, 5) is 0. The van der Waals surface area contributed by atoms with Gasteiger partial charge in [-0.3, -0.25) is 0 Å². The second-order valence-electron chi connectivity index (χ2n) is 14.0. The summed E-state index contributed by atoms with van der Waals surface area (Å²) in [5, 5.41) is 10.7. The molecule has 0 atom stereocenters. The summed E-state index contributed by atoms with van der Waals surface area (Å²) >= 11 is 0. The fourth-order valence-electron chi connectivity index (χ4n) is 8.53. The van der Waals surface area contributed by atoms with Crippen molar-refractivity contribution in [1.29, 1.82) is 0 Å². The van der Waals surface area contributed by atoms with E-state index >= 15 is 0 Å². The average molecular weight is 681 g/mol. The third-order valence-electron chi connectivity index (χ3n) is 11.1. The Morgan fingerprint density at radius 1 is 0.226 bits per heavy atom.